The summed E-state index contributed by atoms with van der Waals surface area (Å²) < 4.78 is 15.6. The fourth-order valence-electron chi connectivity index (χ4n) is 2.76. The van der Waals surface area contributed by atoms with Crippen molar-refractivity contribution in [2.45, 2.75) is 20.1 Å². The Bertz CT molecular complexity index is 1150. The molecule has 10 heteroatoms. The number of rotatable bonds is 8. The van der Waals surface area contributed by atoms with Crippen molar-refractivity contribution in [2.75, 3.05) is 7.11 Å². The number of H-pyrrole nitrogens is 1. The number of methoxy groups -OCH3 is 1. The van der Waals surface area contributed by atoms with E-state index in [1.165, 1.54) is 0 Å². The summed E-state index contributed by atoms with van der Waals surface area (Å²) in [4.78, 5) is 20.9. The molecule has 2 heterocycles. The Kier molecular flexibility index (Phi) is 5.88. The van der Waals surface area contributed by atoms with Gasteiger partial charge in [-0.25, -0.2) is 4.98 Å². The van der Waals surface area contributed by atoms with Crippen LogP contribution in [0, 0.1) is 6.92 Å². The lowest BCUT2D eigenvalue weighted by Gasteiger charge is -2.06. The average Bonchev–Trinajstić information content (AvgIpc) is 3.45. The molecule has 0 aliphatic carbocycles. The van der Waals surface area contributed by atoms with Crippen molar-refractivity contribution in [3.8, 4) is 22.9 Å². The van der Waals surface area contributed by atoms with E-state index in [4.69, 9.17) is 14.0 Å². The maximum atomic E-state index is 12.4. The van der Waals surface area contributed by atoms with Crippen molar-refractivity contribution in [2.24, 2.45) is 0 Å². The zero-order chi connectivity index (χ0) is 21.6. The molecular weight excluding hydrogens is 400 g/mol. The van der Waals surface area contributed by atoms with E-state index < -0.39 is 0 Å². The number of carbonyl (C=O) groups excluding carboxylic acids is 1. The minimum absolute atomic E-state index is 0.185. The summed E-state index contributed by atoms with van der Waals surface area (Å²) in [6.07, 6.45) is 0. The van der Waals surface area contributed by atoms with Crippen LogP contribution in [0.15, 0.2) is 53.1 Å². The molecule has 31 heavy (non-hydrogen) atoms. The second-order valence-corrected chi connectivity index (χ2v) is 6.56. The van der Waals surface area contributed by atoms with Gasteiger partial charge in [0.2, 0.25) is 11.7 Å². The van der Waals surface area contributed by atoms with Gasteiger partial charge in [0.1, 0.15) is 17.3 Å². The Balaban J connectivity index is 1.29. The van der Waals surface area contributed by atoms with Gasteiger partial charge >= 0.3 is 0 Å². The van der Waals surface area contributed by atoms with Gasteiger partial charge in [-0.2, -0.15) is 10.1 Å². The number of amides is 1. The van der Waals surface area contributed by atoms with E-state index in [1.807, 2.05) is 24.3 Å². The van der Waals surface area contributed by atoms with Gasteiger partial charge in [0, 0.05) is 18.1 Å². The van der Waals surface area contributed by atoms with Crippen LogP contribution in [0.5, 0.6) is 11.5 Å². The molecule has 2 aromatic carbocycles. The lowest BCUT2D eigenvalue weighted by molar-refractivity contribution is 0.0950. The van der Waals surface area contributed by atoms with Gasteiger partial charge in [-0.05, 0) is 48.5 Å². The lowest BCUT2D eigenvalue weighted by atomic mass is 10.2. The number of aromatic amines is 1. The molecule has 0 aliphatic heterocycles. The number of carbonyl (C=O) groups is 1. The maximum absolute atomic E-state index is 12.4. The van der Waals surface area contributed by atoms with Gasteiger partial charge in [0.15, 0.2) is 12.4 Å². The van der Waals surface area contributed by atoms with Crippen LogP contribution < -0.4 is 14.8 Å². The Morgan fingerprint density at radius 1 is 1.06 bits per heavy atom. The minimum atomic E-state index is -0.234. The molecule has 0 radical (unpaired) electrons. The summed E-state index contributed by atoms with van der Waals surface area (Å²) in [5.41, 5.74) is 1.35. The highest BCUT2D eigenvalue weighted by Gasteiger charge is 2.10. The van der Waals surface area contributed by atoms with Gasteiger partial charge in [-0.15, -0.1) is 0 Å². The van der Waals surface area contributed by atoms with E-state index in [9.17, 15) is 4.79 Å². The third kappa shape index (κ3) is 5.04. The minimum Gasteiger partial charge on any atom is -0.497 e. The Morgan fingerprint density at radius 2 is 1.81 bits per heavy atom. The largest absolute Gasteiger partial charge is 0.497 e. The first kappa shape index (κ1) is 20.1. The quantitative estimate of drug-likeness (QED) is 0.445. The van der Waals surface area contributed by atoms with E-state index in [2.05, 4.69) is 30.6 Å². The predicted octanol–water partition coefficient (Wildman–Crippen LogP) is 2.68. The lowest BCUT2D eigenvalue weighted by Crippen LogP contribution is -2.23. The Morgan fingerprint density at radius 3 is 2.48 bits per heavy atom. The van der Waals surface area contributed by atoms with Gasteiger partial charge < -0.3 is 19.3 Å². The molecule has 0 spiro atoms. The average molecular weight is 420 g/mol. The number of aryl methyl sites for hydroxylation is 1. The predicted molar refractivity (Wildman–Crippen MR) is 109 cm³/mol. The van der Waals surface area contributed by atoms with E-state index >= 15 is 0 Å². The number of ether oxygens (including phenoxy) is 2. The molecule has 158 valence electrons. The maximum Gasteiger partial charge on any atom is 0.251 e. The van der Waals surface area contributed by atoms with Crippen LogP contribution in [-0.2, 0) is 13.2 Å². The molecule has 0 aliphatic rings. The summed E-state index contributed by atoms with van der Waals surface area (Å²) in [6.45, 7) is 2.12. The molecule has 2 aromatic heterocycles. The van der Waals surface area contributed by atoms with Crippen LogP contribution in [0.3, 0.4) is 0 Å². The van der Waals surface area contributed by atoms with E-state index in [1.54, 1.807) is 38.3 Å². The smallest absolute Gasteiger partial charge is 0.251 e. The molecule has 4 rings (SSSR count). The summed E-state index contributed by atoms with van der Waals surface area (Å²) in [5, 5.41) is 13.6. The summed E-state index contributed by atoms with van der Waals surface area (Å²) in [7, 11) is 1.61. The van der Waals surface area contributed by atoms with E-state index in [-0.39, 0.29) is 19.1 Å². The highest BCUT2D eigenvalue weighted by molar-refractivity contribution is 5.94. The standard InChI is InChI=1S/C21H20N6O4/c1-13-23-19(27-31-13)12-30-17-9-5-15(6-10-17)21(28)22-11-18-24-20(26-25-18)14-3-7-16(29-2)8-4-14/h3-10H,11-12H2,1-2H3,(H,22,28)(H,24,25,26). The molecule has 0 unspecified atom stereocenters. The molecule has 0 saturated heterocycles. The third-order valence-electron chi connectivity index (χ3n) is 4.35. The van der Waals surface area contributed by atoms with Gasteiger partial charge in [0.05, 0.1) is 13.7 Å². The van der Waals surface area contributed by atoms with Crippen molar-refractivity contribution in [3.63, 3.8) is 0 Å². The van der Waals surface area contributed by atoms with Gasteiger partial charge in [0.25, 0.3) is 5.91 Å². The SMILES string of the molecule is COc1ccc(-c2n[nH]c(CNC(=O)c3ccc(OCc4noc(C)n4)cc3)n2)cc1. The third-order valence-corrected chi connectivity index (χ3v) is 4.35. The van der Waals surface area contributed by atoms with E-state index in [0.29, 0.717) is 34.7 Å². The van der Waals surface area contributed by atoms with Crippen molar-refractivity contribution in [1.82, 2.24) is 30.6 Å². The number of hydrogen-bond donors (Lipinski definition) is 2. The number of benzene rings is 2. The normalized spacial score (nSPS) is 10.6. The molecule has 1 amide bonds. The molecule has 0 atom stereocenters. The van der Waals surface area contributed by atoms with Crippen LogP contribution in [0.2, 0.25) is 0 Å². The Labute approximate surface area is 177 Å². The van der Waals surface area contributed by atoms with E-state index in [0.717, 1.165) is 11.3 Å². The number of aromatic nitrogens is 5. The molecule has 0 fully saturated rings. The fourth-order valence-corrected chi connectivity index (χ4v) is 2.76. The Hall–Kier alpha value is -4.21. The monoisotopic (exact) mass is 420 g/mol. The van der Waals surface area contributed by atoms with Gasteiger partial charge in [-0.1, -0.05) is 5.16 Å². The van der Waals surface area contributed by atoms with Crippen LogP contribution >= 0.6 is 0 Å². The molecule has 0 saturated carbocycles. The van der Waals surface area contributed by atoms with Crippen molar-refractivity contribution in [3.05, 3.63) is 71.6 Å². The molecular formula is C21H20N6O4. The first-order valence-electron chi connectivity index (χ1n) is 9.46. The zero-order valence-corrected chi connectivity index (χ0v) is 17.0. The summed E-state index contributed by atoms with van der Waals surface area (Å²) in [5.74, 6) is 3.16. The number of nitrogens with zero attached hydrogens (tertiary/aromatic N) is 4. The van der Waals surface area contributed by atoms with Crippen LogP contribution in [-0.4, -0.2) is 38.3 Å². The first-order valence-corrected chi connectivity index (χ1v) is 9.46. The van der Waals surface area contributed by atoms with Gasteiger partial charge in [-0.3, -0.25) is 9.89 Å². The first-order chi connectivity index (χ1) is 15.1. The topological polar surface area (TPSA) is 128 Å². The van der Waals surface area contributed by atoms with Crippen molar-refractivity contribution in [1.29, 1.82) is 0 Å². The van der Waals surface area contributed by atoms with Crippen LogP contribution in [0.1, 0.15) is 27.9 Å². The van der Waals surface area contributed by atoms with Crippen LogP contribution in [0.25, 0.3) is 11.4 Å². The second-order valence-electron chi connectivity index (χ2n) is 6.56. The molecule has 0 bridgehead atoms. The summed E-state index contributed by atoms with van der Waals surface area (Å²) in [6, 6.07) is 14.2. The highest BCUT2D eigenvalue weighted by atomic mass is 16.5. The summed E-state index contributed by atoms with van der Waals surface area (Å²) >= 11 is 0. The fraction of sp³-hybridized carbons (Fsp3) is 0.190. The molecule has 2 N–H and O–H groups in total. The van der Waals surface area contributed by atoms with Crippen molar-refractivity contribution < 1.29 is 18.8 Å². The number of nitrogens with one attached hydrogen (secondary N) is 2. The van der Waals surface area contributed by atoms with Crippen LogP contribution in [0.4, 0.5) is 0 Å². The molecule has 10 nitrogen and oxygen atoms in total. The zero-order valence-electron chi connectivity index (χ0n) is 17.0. The molecule has 4 aromatic rings. The highest BCUT2D eigenvalue weighted by Crippen LogP contribution is 2.19. The second kappa shape index (κ2) is 9.08. The number of hydrogen-bond acceptors (Lipinski definition) is 8. The van der Waals surface area contributed by atoms with Crippen molar-refractivity contribution >= 4 is 5.91 Å².